The van der Waals surface area contributed by atoms with Crippen molar-refractivity contribution in [2.45, 2.75) is 32.4 Å². The minimum Gasteiger partial charge on any atom is -0.341 e. The van der Waals surface area contributed by atoms with E-state index in [9.17, 15) is 8.78 Å². The molecule has 0 saturated heterocycles. The van der Waals surface area contributed by atoms with Crippen LogP contribution in [0.2, 0.25) is 0 Å². The summed E-state index contributed by atoms with van der Waals surface area (Å²) in [6.45, 7) is 3.75. The first-order valence-corrected chi connectivity index (χ1v) is 8.80. The Morgan fingerprint density at radius 1 is 1.12 bits per heavy atom. The Bertz CT molecular complexity index is 915. The zero-order valence-electron chi connectivity index (χ0n) is 14.6. The average Bonchev–Trinajstić information content (AvgIpc) is 2.91. The standard InChI is InChI=1S/C21H22F2N2/c1-14-20-17-12-16(22)13-18(23)21(17)25(19(20)9-10-24(14)2)11-8-15-6-4-3-5-7-15/h3-7,12-14H,8-11H2,1-2H3. The number of rotatable bonds is 3. The number of hydrogen-bond donors (Lipinski definition) is 0. The number of aryl methyl sites for hydroxylation is 2. The minimum absolute atomic E-state index is 0.158. The van der Waals surface area contributed by atoms with Gasteiger partial charge in [0.1, 0.15) is 11.6 Å². The summed E-state index contributed by atoms with van der Waals surface area (Å²) in [5, 5.41) is 0.722. The lowest BCUT2D eigenvalue weighted by Crippen LogP contribution is -2.31. The first-order chi connectivity index (χ1) is 12.1. The van der Waals surface area contributed by atoms with E-state index < -0.39 is 11.6 Å². The normalized spacial score (nSPS) is 17.8. The Hall–Kier alpha value is -2.20. The molecule has 0 spiro atoms. The van der Waals surface area contributed by atoms with E-state index >= 15 is 0 Å². The van der Waals surface area contributed by atoms with Crippen LogP contribution >= 0.6 is 0 Å². The third kappa shape index (κ3) is 2.74. The molecule has 130 valence electrons. The molecule has 0 fully saturated rings. The molecule has 0 radical (unpaired) electrons. The van der Waals surface area contributed by atoms with Gasteiger partial charge in [-0.2, -0.15) is 0 Å². The van der Waals surface area contributed by atoms with Crippen molar-refractivity contribution in [3.05, 3.63) is 70.9 Å². The van der Waals surface area contributed by atoms with Gasteiger partial charge in [0.05, 0.1) is 5.52 Å². The number of halogens is 2. The second-order valence-electron chi connectivity index (χ2n) is 6.94. The van der Waals surface area contributed by atoms with Gasteiger partial charge in [0.15, 0.2) is 0 Å². The molecule has 0 amide bonds. The maximum absolute atomic E-state index is 14.7. The van der Waals surface area contributed by atoms with Crippen LogP contribution in [-0.2, 0) is 19.4 Å². The highest BCUT2D eigenvalue weighted by Gasteiger charge is 2.29. The molecule has 0 bridgehead atoms. The van der Waals surface area contributed by atoms with Gasteiger partial charge in [0, 0.05) is 42.7 Å². The lowest BCUT2D eigenvalue weighted by Gasteiger charge is -2.31. The molecular formula is C21H22F2N2. The van der Waals surface area contributed by atoms with Crippen LogP contribution in [0.15, 0.2) is 42.5 Å². The summed E-state index contributed by atoms with van der Waals surface area (Å²) in [6, 6.07) is 12.9. The third-order valence-electron chi connectivity index (χ3n) is 5.47. The molecule has 1 atom stereocenters. The minimum atomic E-state index is -0.506. The van der Waals surface area contributed by atoms with Crippen LogP contribution in [0.4, 0.5) is 8.78 Å². The topological polar surface area (TPSA) is 8.17 Å². The van der Waals surface area contributed by atoms with Crippen molar-refractivity contribution in [1.29, 1.82) is 0 Å². The van der Waals surface area contributed by atoms with Crippen LogP contribution in [0.5, 0.6) is 0 Å². The van der Waals surface area contributed by atoms with E-state index in [4.69, 9.17) is 0 Å². The summed E-state index contributed by atoms with van der Waals surface area (Å²) in [6.07, 6.45) is 1.69. The van der Waals surface area contributed by atoms with Gasteiger partial charge < -0.3 is 4.57 Å². The van der Waals surface area contributed by atoms with Crippen LogP contribution in [0.25, 0.3) is 10.9 Å². The molecule has 3 aromatic rings. The summed E-state index contributed by atoms with van der Waals surface area (Å²) in [4.78, 5) is 2.24. The summed E-state index contributed by atoms with van der Waals surface area (Å²) < 4.78 is 30.6. The fraction of sp³-hybridized carbons (Fsp3) is 0.333. The monoisotopic (exact) mass is 340 g/mol. The molecule has 1 unspecified atom stereocenters. The van der Waals surface area contributed by atoms with Gasteiger partial charge in [-0.1, -0.05) is 30.3 Å². The first-order valence-electron chi connectivity index (χ1n) is 8.80. The molecule has 1 aliphatic heterocycles. The van der Waals surface area contributed by atoms with E-state index in [1.807, 2.05) is 18.2 Å². The second-order valence-corrected chi connectivity index (χ2v) is 6.94. The van der Waals surface area contributed by atoms with Gasteiger partial charge in [-0.05, 0) is 37.6 Å². The van der Waals surface area contributed by atoms with Crippen LogP contribution < -0.4 is 0 Å². The van der Waals surface area contributed by atoms with E-state index in [2.05, 4.69) is 35.6 Å². The summed E-state index contributed by atoms with van der Waals surface area (Å²) >= 11 is 0. The van der Waals surface area contributed by atoms with Gasteiger partial charge >= 0.3 is 0 Å². The Labute approximate surface area is 146 Å². The van der Waals surface area contributed by atoms with Crippen molar-refractivity contribution < 1.29 is 8.78 Å². The van der Waals surface area contributed by atoms with Gasteiger partial charge in [-0.25, -0.2) is 8.78 Å². The van der Waals surface area contributed by atoms with Crippen molar-refractivity contribution in [2.75, 3.05) is 13.6 Å². The van der Waals surface area contributed by atoms with Crippen molar-refractivity contribution >= 4 is 10.9 Å². The van der Waals surface area contributed by atoms with Crippen LogP contribution in [0.3, 0.4) is 0 Å². The summed E-state index contributed by atoms with van der Waals surface area (Å²) in [5.41, 5.74) is 4.00. The smallest absolute Gasteiger partial charge is 0.150 e. The summed E-state index contributed by atoms with van der Waals surface area (Å²) in [5.74, 6) is -0.972. The fourth-order valence-corrected chi connectivity index (χ4v) is 4.05. The lowest BCUT2D eigenvalue weighted by molar-refractivity contribution is 0.245. The number of benzene rings is 2. The van der Waals surface area contributed by atoms with Crippen molar-refractivity contribution in [2.24, 2.45) is 0 Å². The Morgan fingerprint density at radius 2 is 1.88 bits per heavy atom. The SMILES string of the molecule is CC1c2c(n(CCc3ccccc3)c3c(F)cc(F)cc23)CCN1C. The third-order valence-corrected chi connectivity index (χ3v) is 5.47. The van der Waals surface area contributed by atoms with E-state index in [-0.39, 0.29) is 6.04 Å². The number of likely N-dealkylation sites (N-methyl/N-ethyl adjacent to an activating group) is 1. The van der Waals surface area contributed by atoms with E-state index in [1.165, 1.54) is 11.6 Å². The molecule has 2 nitrogen and oxygen atoms in total. The van der Waals surface area contributed by atoms with E-state index in [0.717, 1.165) is 42.1 Å². The first kappa shape index (κ1) is 16.3. The number of nitrogens with zero attached hydrogens (tertiary/aromatic N) is 2. The molecule has 4 rings (SSSR count). The fourth-order valence-electron chi connectivity index (χ4n) is 4.05. The number of hydrogen-bond acceptors (Lipinski definition) is 1. The molecule has 0 N–H and O–H groups in total. The van der Waals surface area contributed by atoms with Crippen molar-refractivity contribution in [3.8, 4) is 0 Å². The molecular weight excluding hydrogens is 318 g/mol. The molecule has 2 heterocycles. The predicted octanol–water partition coefficient (Wildman–Crippen LogP) is 4.71. The van der Waals surface area contributed by atoms with Crippen LogP contribution in [0, 0.1) is 11.6 Å². The van der Waals surface area contributed by atoms with Gasteiger partial charge in [0.2, 0.25) is 0 Å². The van der Waals surface area contributed by atoms with Crippen molar-refractivity contribution in [1.82, 2.24) is 9.47 Å². The molecule has 0 aliphatic carbocycles. The zero-order valence-corrected chi connectivity index (χ0v) is 14.6. The van der Waals surface area contributed by atoms with E-state index in [1.54, 1.807) is 0 Å². The maximum atomic E-state index is 14.7. The zero-order chi connectivity index (χ0) is 17.6. The molecule has 1 aromatic heterocycles. The van der Waals surface area contributed by atoms with Gasteiger partial charge in [-0.3, -0.25) is 4.90 Å². The number of fused-ring (bicyclic) bond motifs is 3. The Kier molecular flexibility index (Phi) is 4.08. The molecule has 0 saturated carbocycles. The maximum Gasteiger partial charge on any atom is 0.150 e. The molecule has 1 aliphatic rings. The highest BCUT2D eigenvalue weighted by atomic mass is 19.1. The highest BCUT2D eigenvalue weighted by molar-refractivity contribution is 5.87. The Morgan fingerprint density at radius 3 is 2.64 bits per heavy atom. The predicted molar refractivity (Wildman–Crippen MR) is 96.7 cm³/mol. The quantitative estimate of drug-likeness (QED) is 0.670. The average molecular weight is 340 g/mol. The molecule has 4 heteroatoms. The van der Waals surface area contributed by atoms with Crippen LogP contribution in [0.1, 0.15) is 29.8 Å². The van der Waals surface area contributed by atoms with E-state index in [0.29, 0.717) is 12.1 Å². The lowest BCUT2D eigenvalue weighted by atomic mass is 9.97. The second kappa shape index (κ2) is 6.26. The van der Waals surface area contributed by atoms with Gasteiger partial charge in [-0.15, -0.1) is 0 Å². The highest BCUT2D eigenvalue weighted by Crippen LogP contribution is 2.38. The van der Waals surface area contributed by atoms with Gasteiger partial charge in [0.25, 0.3) is 0 Å². The Balaban J connectivity index is 1.85. The summed E-state index contributed by atoms with van der Waals surface area (Å²) in [7, 11) is 2.07. The molecule has 2 aromatic carbocycles. The molecule has 25 heavy (non-hydrogen) atoms. The van der Waals surface area contributed by atoms with Crippen molar-refractivity contribution in [3.63, 3.8) is 0 Å². The van der Waals surface area contributed by atoms with Crippen LogP contribution in [-0.4, -0.2) is 23.1 Å². The largest absolute Gasteiger partial charge is 0.341 e. The number of aromatic nitrogens is 1.